The SMILES string of the molecule is Nc1c(C#CCCNC(=O)OCc2ccccc2)cccc1C(=O)O. The van der Waals surface area contributed by atoms with E-state index in [-0.39, 0.29) is 17.9 Å². The van der Waals surface area contributed by atoms with Crippen molar-refractivity contribution in [3.05, 3.63) is 65.2 Å². The fraction of sp³-hybridized carbons (Fsp3) is 0.158. The van der Waals surface area contributed by atoms with E-state index >= 15 is 0 Å². The quantitative estimate of drug-likeness (QED) is 0.442. The van der Waals surface area contributed by atoms with Crippen LogP contribution in [0.5, 0.6) is 0 Å². The summed E-state index contributed by atoms with van der Waals surface area (Å²) in [5, 5.41) is 11.6. The Balaban J connectivity index is 1.76. The van der Waals surface area contributed by atoms with Crippen molar-refractivity contribution in [2.75, 3.05) is 12.3 Å². The third kappa shape index (κ3) is 5.59. The molecule has 4 N–H and O–H groups in total. The van der Waals surface area contributed by atoms with E-state index < -0.39 is 12.1 Å². The van der Waals surface area contributed by atoms with Crippen LogP contribution in [0.3, 0.4) is 0 Å². The van der Waals surface area contributed by atoms with Gasteiger partial charge in [0.2, 0.25) is 0 Å². The van der Waals surface area contributed by atoms with Crippen LogP contribution in [-0.4, -0.2) is 23.7 Å². The van der Waals surface area contributed by atoms with Crippen molar-refractivity contribution in [2.24, 2.45) is 0 Å². The number of carboxylic acid groups (broad SMARTS) is 1. The molecule has 6 nitrogen and oxygen atoms in total. The molecule has 128 valence electrons. The zero-order valence-corrected chi connectivity index (χ0v) is 13.5. The summed E-state index contributed by atoms with van der Waals surface area (Å²) < 4.78 is 5.07. The lowest BCUT2D eigenvalue weighted by molar-refractivity contribution is 0.0698. The Kier molecular flexibility index (Phi) is 6.43. The van der Waals surface area contributed by atoms with E-state index in [2.05, 4.69) is 17.2 Å². The number of carbonyl (C=O) groups is 2. The van der Waals surface area contributed by atoms with Crippen LogP contribution < -0.4 is 11.1 Å². The number of rotatable bonds is 5. The van der Waals surface area contributed by atoms with Gasteiger partial charge in [-0.3, -0.25) is 0 Å². The number of benzene rings is 2. The number of aromatic carboxylic acids is 1. The molecule has 0 fully saturated rings. The molecule has 0 atom stereocenters. The number of carboxylic acids is 1. The molecule has 25 heavy (non-hydrogen) atoms. The number of nitrogen functional groups attached to an aromatic ring is 1. The van der Waals surface area contributed by atoms with Crippen molar-refractivity contribution >= 4 is 17.7 Å². The summed E-state index contributed by atoms with van der Waals surface area (Å²) in [6.07, 6.45) is -0.130. The molecule has 1 amide bonds. The van der Waals surface area contributed by atoms with Crippen LogP contribution in [0.25, 0.3) is 0 Å². The molecular weight excluding hydrogens is 320 g/mol. The van der Waals surface area contributed by atoms with E-state index in [4.69, 9.17) is 15.6 Å². The Hall–Kier alpha value is -3.46. The molecule has 2 rings (SSSR count). The van der Waals surface area contributed by atoms with Crippen molar-refractivity contribution in [1.29, 1.82) is 0 Å². The number of nitrogens with one attached hydrogen (secondary N) is 1. The Morgan fingerprint density at radius 3 is 2.60 bits per heavy atom. The van der Waals surface area contributed by atoms with Gasteiger partial charge in [-0.25, -0.2) is 9.59 Å². The average molecular weight is 338 g/mol. The second-order valence-electron chi connectivity index (χ2n) is 5.11. The van der Waals surface area contributed by atoms with E-state index in [0.717, 1.165) is 5.56 Å². The van der Waals surface area contributed by atoms with Crippen LogP contribution >= 0.6 is 0 Å². The summed E-state index contributed by atoms with van der Waals surface area (Å²) in [7, 11) is 0. The number of nitrogens with two attached hydrogens (primary N) is 1. The van der Waals surface area contributed by atoms with Crippen LogP contribution in [0.4, 0.5) is 10.5 Å². The molecule has 0 aliphatic rings. The lowest BCUT2D eigenvalue weighted by atomic mass is 10.1. The summed E-state index contributed by atoms with van der Waals surface area (Å²) in [5.41, 5.74) is 7.29. The monoisotopic (exact) mass is 338 g/mol. The number of alkyl carbamates (subject to hydrolysis) is 1. The number of hydrogen-bond acceptors (Lipinski definition) is 4. The summed E-state index contributed by atoms with van der Waals surface area (Å²) >= 11 is 0. The highest BCUT2D eigenvalue weighted by atomic mass is 16.5. The molecule has 0 heterocycles. The number of ether oxygens (including phenoxy) is 1. The number of hydrogen-bond donors (Lipinski definition) is 3. The van der Waals surface area contributed by atoms with Gasteiger partial charge < -0.3 is 20.9 Å². The van der Waals surface area contributed by atoms with Gasteiger partial charge in [-0.1, -0.05) is 48.2 Å². The largest absolute Gasteiger partial charge is 0.478 e. The maximum Gasteiger partial charge on any atom is 0.407 e. The molecule has 0 aliphatic heterocycles. The molecule has 0 radical (unpaired) electrons. The highest BCUT2D eigenvalue weighted by Gasteiger charge is 2.09. The lowest BCUT2D eigenvalue weighted by Gasteiger charge is -2.05. The molecule has 2 aromatic rings. The molecule has 0 spiro atoms. The Bertz CT molecular complexity index is 807. The lowest BCUT2D eigenvalue weighted by Crippen LogP contribution is -2.24. The fourth-order valence-electron chi connectivity index (χ4n) is 2.02. The minimum absolute atomic E-state index is 0.0226. The maximum atomic E-state index is 11.6. The van der Waals surface area contributed by atoms with Gasteiger partial charge >= 0.3 is 12.1 Å². The normalized spacial score (nSPS) is 9.60. The number of para-hydroxylation sites is 1. The van der Waals surface area contributed by atoms with Crippen molar-refractivity contribution in [1.82, 2.24) is 5.32 Å². The minimum atomic E-state index is -1.09. The minimum Gasteiger partial charge on any atom is -0.478 e. The number of carbonyl (C=O) groups excluding carboxylic acids is 1. The molecule has 6 heteroatoms. The van der Waals surface area contributed by atoms with E-state index in [1.165, 1.54) is 6.07 Å². The molecule has 0 unspecified atom stereocenters. The van der Waals surface area contributed by atoms with Crippen LogP contribution in [0, 0.1) is 11.8 Å². The second-order valence-corrected chi connectivity index (χ2v) is 5.11. The first kappa shape index (κ1) is 17.9. The highest BCUT2D eigenvalue weighted by Crippen LogP contribution is 2.16. The van der Waals surface area contributed by atoms with Crippen molar-refractivity contribution in [3.63, 3.8) is 0 Å². The van der Waals surface area contributed by atoms with Gasteiger partial charge in [-0.15, -0.1) is 0 Å². The average Bonchev–Trinajstić information content (AvgIpc) is 2.61. The summed E-state index contributed by atoms with van der Waals surface area (Å²) in [6, 6.07) is 14.0. The van der Waals surface area contributed by atoms with Gasteiger partial charge in [-0.2, -0.15) is 0 Å². The molecule has 0 aliphatic carbocycles. The van der Waals surface area contributed by atoms with Gasteiger partial charge in [-0.05, 0) is 17.7 Å². The van der Waals surface area contributed by atoms with Gasteiger partial charge in [0.25, 0.3) is 0 Å². The topological polar surface area (TPSA) is 102 Å². The zero-order valence-electron chi connectivity index (χ0n) is 13.5. The van der Waals surface area contributed by atoms with E-state index in [0.29, 0.717) is 18.5 Å². The predicted molar refractivity (Wildman–Crippen MR) is 93.9 cm³/mol. The van der Waals surface area contributed by atoms with E-state index in [9.17, 15) is 9.59 Å². The van der Waals surface area contributed by atoms with Crippen LogP contribution in [0.15, 0.2) is 48.5 Å². The van der Waals surface area contributed by atoms with Gasteiger partial charge in [0, 0.05) is 18.5 Å². The zero-order chi connectivity index (χ0) is 18.1. The highest BCUT2D eigenvalue weighted by molar-refractivity contribution is 5.95. The number of anilines is 1. The summed E-state index contributed by atoms with van der Waals surface area (Å²) in [5.74, 6) is 4.56. The molecule has 0 saturated heterocycles. The van der Waals surface area contributed by atoms with Crippen molar-refractivity contribution in [3.8, 4) is 11.8 Å². The third-order valence-electron chi connectivity index (χ3n) is 3.29. The van der Waals surface area contributed by atoms with Crippen LogP contribution in [0.2, 0.25) is 0 Å². The molecular formula is C19H18N2O4. The van der Waals surface area contributed by atoms with Gasteiger partial charge in [0.1, 0.15) is 6.61 Å². The van der Waals surface area contributed by atoms with E-state index in [1.54, 1.807) is 12.1 Å². The van der Waals surface area contributed by atoms with Gasteiger partial charge in [0.15, 0.2) is 0 Å². The third-order valence-corrected chi connectivity index (χ3v) is 3.29. The van der Waals surface area contributed by atoms with Crippen molar-refractivity contribution < 1.29 is 19.4 Å². The Morgan fingerprint density at radius 1 is 1.12 bits per heavy atom. The van der Waals surface area contributed by atoms with Crippen LogP contribution in [0.1, 0.15) is 27.9 Å². The fourth-order valence-corrected chi connectivity index (χ4v) is 2.02. The first-order chi connectivity index (χ1) is 12.1. The Labute approximate surface area is 145 Å². The first-order valence-electron chi connectivity index (χ1n) is 7.63. The van der Waals surface area contributed by atoms with Crippen LogP contribution in [-0.2, 0) is 11.3 Å². The maximum absolute atomic E-state index is 11.6. The molecule has 2 aromatic carbocycles. The second kappa shape index (κ2) is 8.99. The molecule has 0 bridgehead atoms. The first-order valence-corrected chi connectivity index (χ1v) is 7.63. The molecule has 0 aromatic heterocycles. The summed E-state index contributed by atoms with van der Waals surface area (Å²) in [4.78, 5) is 22.6. The van der Waals surface area contributed by atoms with Gasteiger partial charge in [0.05, 0.1) is 11.3 Å². The predicted octanol–water partition coefficient (Wildman–Crippen LogP) is 2.64. The smallest absolute Gasteiger partial charge is 0.407 e. The van der Waals surface area contributed by atoms with Crippen molar-refractivity contribution in [2.45, 2.75) is 13.0 Å². The molecule has 0 saturated carbocycles. The Morgan fingerprint density at radius 2 is 1.88 bits per heavy atom. The summed E-state index contributed by atoms with van der Waals surface area (Å²) in [6.45, 7) is 0.524. The standard InChI is InChI=1S/C19H18N2O4/c20-17-15(10-6-11-16(17)18(22)23)9-4-5-12-21-19(24)25-13-14-7-2-1-3-8-14/h1-3,6-8,10-11H,5,12-13,20H2,(H,21,24)(H,22,23). The number of amides is 1. The van der Waals surface area contributed by atoms with E-state index in [1.807, 2.05) is 30.3 Å².